The monoisotopic (exact) mass is 357 g/mol. The molecule has 2 fully saturated rings. The summed E-state index contributed by atoms with van der Waals surface area (Å²) in [7, 11) is 0. The first-order valence-corrected chi connectivity index (χ1v) is 9.97. The van der Waals surface area contributed by atoms with Crippen molar-refractivity contribution >= 4 is 16.9 Å². The van der Waals surface area contributed by atoms with Crippen LogP contribution in [0.1, 0.15) is 48.5 Å². The van der Waals surface area contributed by atoms with Crippen LogP contribution in [-0.2, 0) is 4.74 Å². The predicted molar refractivity (Wildman–Crippen MR) is 101 cm³/mol. The van der Waals surface area contributed by atoms with Gasteiger partial charge in [0.05, 0.1) is 43.7 Å². The van der Waals surface area contributed by atoms with Gasteiger partial charge >= 0.3 is 0 Å². The molecule has 0 radical (unpaired) electrons. The highest BCUT2D eigenvalue weighted by atomic mass is 16.5. The number of nitrogens with zero attached hydrogens (tertiary/aromatic N) is 2. The summed E-state index contributed by atoms with van der Waals surface area (Å²) in [6.45, 7) is 5.35. The van der Waals surface area contributed by atoms with E-state index >= 15 is 0 Å². The van der Waals surface area contributed by atoms with Crippen LogP contribution in [0.5, 0.6) is 0 Å². The van der Waals surface area contributed by atoms with Crippen LogP contribution in [0.2, 0.25) is 0 Å². The third-order valence-corrected chi connectivity index (χ3v) is 5.77. The number of imidazole rings is 1. The molecule has 140 valence electrons. The minimum atomic E-state index is -0.00761. The zero-order valence-electron chi connectivity index (χ0n) is 15.4. The minimum Gasteiger partial charge on any atom is -0.370 e. The second-order valence-electron chi connectivity index (χ2n) is 7.52. The van der Waals surface area contributed by atoms with Crippen molar-refractivity contribution < 1.29 is 14.4 Å². The van der Waals surface area contributed by atoms with E-state index in [9.17, 15) is 4.79 Å². The minimum absolute atomic E-state index is 0.00761. The van der Waals surface area contributed by atoms with E-state index < -0.39 is 0 Å². The number of hydrogen-bond donors (Lipinski definition) is 2. The Hall–Kier alpha value is -1.92. The molecule has 0 unspecified atom stereocenters. The van der Waals surface area contributed by atoms with Crippen LogP contribution < -0.4 is 10.2 Å². The first-order valence-electron chi connectivity index (χ1n) is 9.97. The van der Waals surface area contributed by atoms with E-state index in [4.69, 9.17) is 4.74 Å². The molecule has 1 amide bonds. The number of quaternary nitrogens is 1. The molecule has 1 saturated heterocycles. The van der Waals surface area contributed by atoms with Crippen molar-refractivity contribution in [2.24, 2.45) is 0 Å². The summed E-state index contributed by atoms with van der Waals surface area (Å²) < 4.78 is 7.67. The van der Waals surface area contributed by atoms with E-state index in [1.807, 2.05) is 18.5 Å². The molecule has 6 heteroatoms. The molecule has 0 bridgehead atoms. The molecular weight excluding hydrogens is 328 g/mol. The van der Waals surface area contributed by atoms with Gasteiger partial charge in [-0.1, -0.05) is 19.3 Å². The Morgan fingerprint density at radius 2 is 2.04 bits per heavy atom. The number of ether oxygens (including phenoxy) is 1. The molecule has 2 N–H and O–H groups in total. The first-order chi connectivity index (χ1) is 12.8. The van der Waals surface area contributed by atoms with Crippen LogP contribution in [0.3, 0.4) is 0 Å². The number of rotatable bonds is 5. The Bertz CT molecular complexity index is 745. The molecule has 2 aliphatic rings. The molecule has 1 aliphatic heterocycles. The van der Waals surface area contributed by atoms with Gasteiger partial charge in [-0.25, -0.2) is 4.98 Å². The average molecular weight is 357 g/mol. The van der Waals surface area contributed by atoms with Gasteiger partial charge < -0.3 is 19.5 Å². The van der Waals surface area contributed by atoms with E-state index in [0.717, 1.165) is 43.9 Å². The summed E-state index contributed by atoms with van der Waals surface area (Å²) in [5, 5.41) is 3.05. The van der Waals surface area contributed by atoms with Crippen LogP contribution in [0.4, 0.5) is 0 Å². The van der Waals surface area contributed by atoms with E-state index in [2.05, 4.69) is 20.9 Å². The molecule has 1 aromatic carbocycles. The van der Waals surface area contributed by atoms with Gasteiger partial charge in [0.15, 0.2) is 0 Å². The van der Waals surface area contributed by atoms with Gasteiger partial charge in [0, 0.05) is 11.6 Å². The second-order valence-corrected chi connectivity index (χ2v) is 7.52. The largest absolute Gasteiger partial charge is 0.370 e. The predicted octanol–water partition coefficient (Wildman–Crippen LogP) is 1.19. The van der Waals surface area contributed by atoms with E-state index in [1.165, 1.54) is 37.0 Å². The number of carbonyl (C=O) groups is 1. The fraction of sp³-hybridized carbons (Fsp3) is 0.600. The van der Waals surface area contributed by atoms with Crippen molar-refractivity contribution in [3.63, 3.8) is 0 Å². The number of nitrogens with one attached hydrogen (secondary N) is 2. The highest BCUT2D eigenvalue weighted by Crippen LogP contribution is 2.30. The van der Waals surface area contributed by atoms with Gasteiger partial charge in [0.2, 0.25) is 0 Å². The molecule has 1 saturated carbocycles. The van der Waals surface area contributed by atoms with Gasteiger partial charge in [-0.3, -0.25) is 4.79 Å². The molecule has 2 aromatic rings. The Morgan fingerprint density at radius 1 is 1.23 bits per heavy atom. The fourth-order valence-electron chi connectivity index (χ4n) is 4.19. The standard InChI is InChI=1S/C20H28N4O2/c25-20(21-8-9-23-10-12-26-13-11-23)16-6-7-19-18(14-16)22-15-24(19)17-4-2-1-3-5-17/h6-7,14-15,17H,1-5,8-13H2,(H,21,25)/p+1. The van der Waals surface area contributed by atoms with Crippen LogP contribution in [0.25, 0.3) is 11.0 Å². The average Bonchev–Trinajstić information content (AvgIpc) is 3.12. The van der Waals surface area contributed by atoms with Crippen molar-refractivity contribution in [1.82, 2.24) is 14.9 Å². The smallest absolute Gasteiger partial charge is 0.251 e. The lowest BCUT2D eigenvalue weighted by molar-refractivity contribution is -0.906. The lowest BCUT2D eigenvalue weighted by Crippen LogP contribution is -3.14. The molecule has 0 spiro atoms. The van der Waals surface area contributed by atoms with Gasteiger partial charge in [0.25, 0.3) is 5.91 Å². The third-order valence-electron chi connectivity index (χ3n) is 5.77. The summed E-state index contributed by atoms with van der Waals surface area (Å²) in [5.74, 6) is -0.00761. The normalized spacial score (nSPS) is 19.7. The van der Waals surface area contributed by atoms with Gasteiger partial charge in [-0.2, -0.15) is 0 Å². The lowest BCUT2D eigenvalue weighted by atomic mass is 9.95. The number of benzene rings is 1. The number of fused-ring (bicyclic) bond motifs is 1. The molecule has 26 heavy (non-hydrogen) atoms. The molecule has 4 rings (SSSR count). The van der Waals surface area contributed by atoms with Crippen LogP contribution in [0.15, 0.2) is 24.5 Å². The van der Waals surface area contributed by atoms with E-state index in [1.54, 1.807) is 0 Å². The van der Waals surface area contributed by atoms with Gasteiger partial charge in [-0.15, -0.1) is 0 Å². The molecule has 6 nitrogen and oxygen atoms in total. The van der Waals surface area contributed by atoms with Crippen LogP contribution in [0, 0.1) is 0 Å². The summed E-state index contributed by atoms with van der Waals surface area (Å²) >= 11 is 0. The number of carbonyl (C=O) groups excluding carboxylic acids is 1. The number of hydrogen-bond acceptors (Lipinski definition) is 3. The van der Waals surface area contributed by atoms with Crippen molar-refractivity contribution in [3.05, 3.63) is 30.1 Å². The van der Waals surface area contributed by atoms with Crippen molar-refractivity contribution in [2.75, 3.05) is 39.4 Å². The Kier molecular flexibility index (Phi) is 5.51. The second kappa shape index (κ2) is 8.18. The molecule has 1 aromatic heterocycles. The zero-order chi connectivity index (χ0) is 17.8. The Labute approximate surface area is 154 Å². The maximum absolute atomic E-state index is 12.5. The van der Waals surface area contributed by atoms with E-state index in [-0.39, 0.29) is 5.91 Å². The third kappa shape index (κ3) is 3.91. The summed E-state index contributed by atoms with van der Waals surface area (Å²) in [6, 6.07) is 6.47. The fourth-order valence-corrected chi connectivity index (χ4v) is 4.19. The molecular formula is C20H29N4O2+. The summed E-state index contributed by atoms with van der Waals surface area (Å²) in [4.78, 5) is 18.5. The number of aromatic nitrogens is 2. The maximum atomic E-state index is 12.5. The van der Waals surface area contributed by atoms with Gasteiger partial charge in [-0.05, 0) is 31.0 Å². The molecule has 2 heterocycles. The SMILES string of the molecule is O=C(NCC[NH+]1CCOCC1)c1ccc2c(c1)ncn2C1CCCCC1. The number of amides is 1. The zero-order valence-corrected chi connectivity index (χ0v) is 15.4. The topological polar surface area (TPSA) is 60.6 Å². The summed E-state index contributed by atoms with van der Waals surface area (Å²) in [5.41, 5.74) is 2.76. The quantitative estimate of drug-likeness (QED) is 0.845. The highest BCUT2D eigenvalue weighted by Gasteiger charge is 2.18. The van der Waals surface area contributed by atoms with Crippen molar-refractivity contribution in [3.8, 4) is 0 Å². The number of morpholine rings is 1. The van der Waals surface area contributed by atoms with E-state index in [0.29, 0.717) is 18.2 Å². The van der Waals surface area contributed by atoms with Gasteiger partial charge in [0.1, 0.15) is 13.1 Å². The maximum Gasteiger partial charge on any atom is 0.251 e. The lowest BCUT2D eigenvalue weighted by Gasteiger charge is -2.23. The molecule has 0 atom stereocenters. The van der Waals surface area contributed by atoms with Crippen molar-refractivity contribution in [2.45, 2.75) is 38.1 Å². The van der Waals surface area contributed by atoms with Crippen molar-refractivity contribution in [1.29, 1.82) is 0 Å². The molecule has 1 aliphatic carbocycles. The van der Waals surface area contributed by atoms with Crippen LogP contribution >= 0.6 is 0 Å². The Balaban J connectivity index is 1.38. The summed E-state index contributed by atoms with van der Waals surface area (Å²) in [6.07, 6.45) is 8.37. The first kappa shape index (κ1) is 17.5. The highest BCUT2D eigenvalue weighted by molar-refractivity contribution is 5.97. The van der Waals surface area contributed by atoms with Crippen LogP contribution in [-0.4, -0.2) is 54.9 Å². The Morgan fingerprint density at radius 3 is 2.85 bits per heavy atom.